The molecule has 0 heterocycles. The van der Waals surface area contributed by atoms with Crippen LogP contribution >= 0.6 is 0 Å². The van der Waals surface area contributed by atoms with Crippen molar-refractivity contribution in [2.45, 2.75) is 39.7 Å². The molecule has 1 atom stereocenters. The van der Waals surface area contributed by atoms with E-state index in [1.165, 1.54) is 6.07 Å². The Morgan fingerprint density at radius 1 is 1.35 bits per heavy atom. The first-order chi connectivity index (χ1) is 11.0. The standard InChI is InChI=1S/C17H23N3O3/c1-5-7-14(19-4)16(21)20-15-11(3)8-12(10-18)9-13(15)17(22)23-6-2/h8-9,14,19H,5-7H2,1-4H3,(H,20,21). The van der Waals surface area contributed by atoms with Crippen LogP contribution in [-0.4, -0.2) is 31.6 Å². The van der Waals surface area contributed by atoms with Gasteiger partial charge in [-0.3, -0.25) is 4.79 Å². The Kier molecular flexibility index (Phi) is 7.23. The number of carbonyl (C=O) groups is 2. The Morgan fingerprint density at radius 2 is 2.04 bits per heavy atom. The fourth-order valence-electron chi connectivity index (χ4n) is 2.29. The van der Waals surface area contributed by atoms with E-state index in [1.807, 2.05) is 13.0 Å². The van der Waals surface area contributed by atoms with Gasteiger partial charge < -0.3 is 15.4 Å². The molecule has 0 saturated carbocycles. The molecule has 0 aliphatic carbocycles. The van der Waals surface area contributed by atoms with Gasteiger partial charge in [-0.05, 0) is 45.0 Å². The summed E-state index contributed by atoms with van der Waals surface area (Å²) in [7, 11) is 1.72. The second-order valence-electron chi connectivity index (χ2n) is 5.17. The van der Waals surface area contributed by atoms with E-state index in [0.29, 0.717) is 23.2 Å². The highest BCUT2D eigenvalue weighted by Crippen LogP contribution is 2.24. The molecule has 6 nitrogen and oxygen atoms in total. The zero-order valence-electron chi connectivity index (χ0n) is 14.0. The van der Waals surface area contributed by atoms with Gasteiger partial charge in [0.05, 0.1) is 35.5 Å². The zero-order chi connectivity index (χ0) is 17.4. The van der Waals surface area contributed by atoms with Crippen LogP contribution in [0.15, 0.2) is 12.1 Å². The topological polar surface area (TPSA) is 91.2 Å². The molecule has 0 fully saturated rings. The van der Waals surface area contributed by atoms with Crippen molar-refractivity contribution in [1.82, 2.24) is 5.32 Å². The summed E-state index contributed by atoms with van der Waals surface area (Å²) in [6.07, 6.45) is 1.54. The average Bonchev–Trinajstić information content (AvgIpc) is 2.54. The molecule has 0 aliphatic rings. The van der Waals surface area contributed by atoms with E-state index in [4.69, 9.17) is 10.00 Å². The fourth-order valence-corrected chi connectivity index (χ4v) is 2.29. The number of hydrogen-bond acceptors (Lipinski definition) is 5. The van der Waals surface area contributed by atoms with Crippen molar-refractivity contribution < 1.29 is 14.3 Å². The molecular formula is C17H23N3O3. The highest BCUT2D eigenvalue weighted by atomic mass is 16.5. The van der Waals surface area contributed by atoms with Gasteiger partial charge in [0.1, 0.15) is 0 Å². The summed E-state index contributed by atoms with van der Waals surface area (Å²) in [4.78, 5) is 24.5. The van der Waals surface area contributed by atoms with Crippen molar-refractivity contribution in [1.29, 1.82) is 5.26 Å². The van der Waals surface area contributed by atoms with E-state index in [9.17, 15) is 9.59 Å². The monoisotopic (exact) mass is 317 g/mol. The molecule has 6 heteroatoms. The molecule has 0 aromatic heterocycles. The van der Waals surface area contributed by atoms with Crippen molar-refractivity contribution in [3.63, 3.8) is 0 Å². The number of esters is 1. The maximum atomic E-state index is 12.4. The second-order valence-corrected chi connectivity index (χ2v) is 5.17. The van der Waals surface area contributed by atoms with Gasteiger partial charge in [0, 0.05) is 0 Å². The van der Waals surface area contributed by atoms with E-state index in [2.05, 4.69) is 10.6 Å². The number of ether oxygens (including phenoxy) is 1. The lowest BCUT2D eigenvalue weighted by atomic mass is 10.0. The molecule has 0 bridgehead atoms. The summed E-state index contributed by atoms with van der Waals surface area (Å²) < 4.78 is 5.02. The van der Waals surface area contributed by atoms with E-state index in [-0.39, 0.29) is 24.1 Å². The summed E-state index contributed by atoms with van der Waals surface area (Å²) in [5.74, 6) is -0.771. The van der Waals surface area contributed by atoms with Crippen molar-refractivity contribution in [2.24, 2.45) is 0 Å². The minimum absolute atomic E-state index is 0.197. The molecule has 1 amide bonds. The molecular weight excluding hydrogens is 294 g/mol. The van der Waals surface area contributed by atoms with Crippen molar-refractivity contribution in [3.05, 3.63) is 28.8 Å². The first kappa shape index (κ1) is 18.7. The molecule has 0 aliphatic heterocycles. The molecule has 1 aromatic rings. The Balaban J connectivity index is 3.21. The number of anilines is 1. The van der Waals surface area contributed by atoms with Crippen LogP contribution in [0.25, 0.3) is 0 Å². The molecule has 1 unspecified atom stereocenters. The van der Waals surface area contributed by atoms with Crippen LogP contribution in [0.3, 0.4) is 0 Å². The van der Waals surface area contributed by atoms with Gasteiger partial charge in [0.2, 0.25) is 5.91 Å². The predicted molar refractivity (Wildman–Crippen MR) is 88.2 cm³/mol. The number of likely N-dealkylation sites (N-methyl/N-ethyl adjacent to an activating group) is 1. The maximum Gasteiger partial charge on any atom is 0.340 e. The van der Waals surface area contributed by atoms with Crippen LogP contribution in [0.4, 0.5) is 5.69 Å². The Bertz CT molecular complexity index is 620. The highest BCUT2D eigenvalue weighted by molar-refractivity contribution is 6.04. The van der Waals surface area contributed by atoms with E-state index in [0.717, 1.165) is 6.42 Å². The van der Waals surface area contributed by atoms with Crippen LogP contribution in [-0.2, 0) is 9.53 Å². The molecule has 2 N–H and O–H groups in total. The van der Waals surface area contributed by atoms with Crippen molar-refractivity contribution >= 4 is 17.6 Å². The Labute approximate surface area is 136 Å². The molecule has 124 valence electrons. The van der Waals surface area contributed by atoms with Crippen LogP contribution in [0, 0.1) is 18.3 Å². The van der Waals surface area contributed by atoms with Gasteiger partial charge in [-0.1, -0.05) is 13.3 Å². The molecule has 23 heavy (non-hydrogen) atoms. The molecule has 1 aromatic carbocycles. The SMILES string of the molecule is CCCC(NC)C(=O)Nc1c(C)cc(C#N)cc1C(=O)OCC. The minimum Gasteiger partial charge on any atom is -0.462 e. The molecule has 1 rings (SSSR count). The number of nitrogens with zero attached hydrogens (tertiary/aromatic N) is 1. The summed E-state index contributed by atoms with van der Waals surface area (Å²) in [6, 6.07) is 4.74. The van der Waals surface area contributed by atoms with E-state index >= 15 is 0 Å². The summed E-state index contributed by atoms with van der Waals surface area (Å²) in [6.45, 7) is 5.66. The average molecular weight is 317 g/mol. The third-order valence-electron chi connectivity index (χ3n) is 3.45. The summed E-state index contributed by atoms with van der Waals surface area (Å²) in [5.41, 5.74) is 1.58. The number of rotatable bonds is 7. The first-order valence-corrected chi connectivity index (χ1v) is 7.68. The third-order valence-corrected chi connectivity index (χ3v) is 3.45. The highest BCUT2D eigenvalue weighted by Gasteiger charge is 2.21. The van der Waals surface area contributed by atoms with Crippen LogP contribution in [0.5, 0.6) is 0 Å². The number of aryl methyl sites for hydroxylation is 1. The fraction of sp³-hybridized carbons (Fsp3) is 0.471. The van der Waals surface area contributed by atoms with Crippen LogP contribution in [0.1, 0.15) is 48.2 Å². The Hall–Kier alpha value is -2.39. The van der Waals surface area contributed by atoms with Gasteiger partial charge in [-0.2, -0.15) is 5.26 Å². The van der Waals surface area contributed by atoms with Gasteiger partial charge in [-0.25, -0.2) is 4.79 Å². The summed E-state index contributed by atoms with van der Waals surface area (Å²) >= 11 is 0. The largest absolute Gasteiger partial charge is 0.462 e. The van der Waals surface area contributed by atoms with E-state index < -0.39 is 5.97 Å². The van der Waals surface area contributed by atoms with Crippen molar-refractivity contribution in [3.8, 4) is 6.07 Å². The molecule has 0 spiro atoms. The number of amides is 1. The quantitative estimate of drug-likeness (QED) is 0.753. The first-order valence-electron chi connectivity index (χ1n) is 7.68. The van der Waals surface area contributed by atoms with Gasteiger partial charge in [-0.15, -0.1) is 0 Å². The van der Waals surface area contributed by atoms with Gasteiger partial charge in [0.15, 0.2) is 0 Å². The zero-order valence-corrected chi connectivity index (χ0v) is 14.0. The smallest absolute Gasteiger partial charge is 0.340 e. The predicted octanol–water partition coefficient (Wildman–Crippen LogP) is 2.37. The number of hydrogen-bond donors (Lipinski definition) is 2. The normalized spacial score (nSPS) is 11.4. The van der Waals surface area contributed by atoms with Gasteiger partial charge >= 0.3 is 5.97 Å². The Morgan fingerprint density at radius 3 is 2.57 bits per heavy atom. The molecule has 0 saturated heterocycles. The number of carbonyl (C=O) groups excluding carboxylic acids is 2. The molecule has 0 radical (unpaired) electrons. The second kappa shape index (κ2) is 8.91. The van der Waals surface area contributed by atoms with Crippen LogP contribution in [0.2, 0.25) is 0 Å². The van der Waals surface area contributed by atoms with Crippen molar-refractivity contribution in [2.75, 3.05) is 19.0 Å². The lowest BCUT2D eigenvalue weighted by Crippen LogP contribution is -2.38. The maximum absolute atomic E-state index is 12.4. The van der Waals surface area contributed by atoms with Crippen LogP contribution < -0.4 is 10.6 Å². The number of benzene rings is 1. The number of nitriles is 1. The number of nitrogens with one attached hydrogen (secondary N) is 2. The lowest BCUT2D eigenvalue weighted by molar-refractivity contribution is -0.118. The minimum atomic E-state index is -0.556. The van der Waals surface area contributed by atoms with Gasteiger partial charge in [0.25, 0.3) is 0 Å². The lowest BCUT2D eigenvalue weighted by Gasteiger charge is -2.18. The third kappa shape index (κ3) is 4.80. The summed E-state index contributed by atoms with van der Waals surface area (Å²) in [5, 5.41) is 14.8. The van der Waals surface area contributed by atoms with E-state index in [1.54, 1.807) is 27.0 Å².